The number of carbonyl (C=O) groups excluding carboxylic acids is 2. The van der Waals surface area contributed by atoms with Crippen molar-refractivity contribution in [2.75, 3.05) is 45.2 Å². The fraction of sp³-hybridized carbons (Fsp3) is 0.231. The van der Waals surface area contributed by atoms with Crippen LogP contribution in [-0.2, 0) is 29.4 Å². The summed E-state index contributed by atoms with van der Waals surface area (Å²) >= 11 is 0. The van der Waals surface area contributed by atoms with Crippen LogP contribution >= 0.6 is 0 Å². The van der Waals surface area contributed by atoms with Crippen molar-refractivity contribution >= 4 is 40.3 Å². The molecule has 0 unspecified atom stereocenters. The third-order valence-corrected chi connectivity index (χ3v) is 8.77. The number of carbonyl (C=O) groups is 4. The van der Waals surface area contributed by atoms with Crippen molar-refractivity contribution < 1.29 is 52.0 Å². The molecule has 1 fully saturated rings. The zero-order valence-corrected chi connectivity index (χ0v) is 30.4. The molecule has 17 heteroatoms. The van der Waals surface area contributed by atoms with Crippen molar-refractivity contribution in [3.8, 4) is 17.4 Å². The predicted molar refractivity (Wildman–Crippen MR) is 198 cm³/mol. The second-order valence-electron chi connectivity index (χ2n) is 12.5. The Balaban J connectivity index is 0.000000677. The molecule has 14 nitrogen and oxygen atoms in total. The molecule has 1 aliphatic heterocycles. The zero-order chi connectivity index (χ0) is 40.6. The summed E-state index contributed by atoms with van der Waals surface area (Å²) in [6.45, 7) is 3.41. The maximum absolute atomic E-state index is 13.5. The summed E-state index contributed by atoms with van der Waals surface area (Å²) < 4.78 is 51.7. The SMILES string of the molecule is COc1ccc(CN2CCN(C(=O)c3cc4cc(Oc5ccc(N(C)C(=O)c6ccc(C(F)(F)F)cc6)cn5)ccc4n3C)CC2)nc1.O=C(O)/C=C\C(=O)O. The quantitative estimate of drug-likeness (QED) is 0.166. The molecule has 0 bridgehead atoms. The van der Waals surface area contributed by atoms with E-state index in [1.807, 2.05) is 46.8 Å². The van der Waals surface area contributed by atoms with E-state index in [4.69, 9.17) is 19.7 Å². The zero-order valence-electron chi connectivity index (χ0n) is 30.4. The third-order valence-electron chi connectivity index (χ3n) is 8.77. The average molecular weight is 775 g/mol. The minimum Gasteiger partial charge on any atom is -0.495 e. The van der Waals surface area contributed by atoms with E-state index in [9.17, 15) is 32.3 Å². The first-order valence-electron chi connectivity index (χ1n) is 17.0. The molecule has 0 atom stereocenters. The van der Waals surface area contributed by atoms with Gasteiger partial charge in [0.2, 0.25) is 5.88 Å². The Morgan fingerprint density at radius 3 is 2.05 bits per heavy atom. The van der Waals surface area contributed by atoms with Gasteiger partial charge >= 0.3 is 18.1 Å². The molecule has 56 heavy (non-hydrogen) atoms. The number of aryl methyl sites for hydroxylation is 1. The largest absolute Gasteiger partial charge is 0.495 e. The molecular weight excluding hydrogens is 737 g/mol. The van der Waals surface area contributed by atoms with Gasteiger partial charge in [-0.25, -0.2) is 14.6 Å². The second kappa shape index (κ2) is 17.6. The lowest BCUT2D eigenvalue weighted by Crippen LogP contribution is -2.48. The van der Waals surface area contributed by atoms with Crippen LogP contribution in [0.3, 0.4) is 0 Å². The Kier molecular flexibility index (Phi) is 12.7. The molecule has 6 rings (SSSR count). The van der Waals surface area contributed by atoms with E-state index in [0.717, 1.165) is 59.7 Å². The van der Waals surface area contributed by atoms with E-state index < -0.39 is 29.6 Å². The lowest BCUT2D eigenvalue weighted by atomic mass is 10.1. The van der Waals surface area contributed by atoms with Crippen molar-refractivity contribution in [3.63, 3.8) is 0 Å². The predicted octanol–water partition coefficient (Wildman–Crippen LogP) is 5.73. The van der Waals surface area contributed by atoms with Gasteiger partial charge in [0.15, 0.2) is 0 Å². The van der Waals surface area contributed by atoms with Gasteiger partial charge in [0.1, 0.15) is 17.2 Å². The van der Waals surface area contributed by atoms with Crippen molar-refractivity contribution in [2.24, 2.45) is 7.05 Å². The number of fused-ring (bicyclic) bond motifs is 1. The molecule has 3 aromatic heterocycles. The lowest BCUT2D eigenvalue weighted by Gasteiger charge is -2.34. The number of carboxylic acids is 2. The van der Waals surface area contributed by atoms with Gasteiger partial charge < -0.3 is 34.1 Å². The Bertz CT molecular complexity index is 2200. The number of hydrogen-bond acceptors (Lipinski definition) is 9. The minimum absolute atomic E-state index is 0.0365. The van der Waals surface area contributed by atoms with E-state index >= 15 is 0 Å². The molecule has 0 spiro atoms. The van der Waals surface area contributed by atoms with Crippen LogP contribution in [0.5, 0.6) is 17.4 Å². The monoisotopic (exact) mass is 774 g/mol. The molecule has 2 N–H and O–H groups in total. The maximum Gasteiger partial charge on any atom is 0.416 e. The third kappa shape index (κ3) is 10.3. The van der Waals surface area contributed by atoms with Crippen molar-refractivity contribution in [1.82, 2.24) is 24.3 Å². The number of alkyl halides is 3. The van der Waals surface area contributed by atoms with Gasteiger partial charge in [0.05, 0.1) is 36.4 Å². The van der Waals surface area contributed by atoms with Gasteiger partial charge in [-0.1, -0.05) is 0 Å². The molecule has 5 aromatic rings. The van der Waals surface area contributed by atoms with Crippen LogP contribution in [0.15, 0.2) is 97.3 Å². The Hall–Kier alpha value is -6.75. The van der Waals surface area contributed by atoms with Crippen molar-refractivity contribution in [2.45, 2.75) is 12.7 Å². The van der Waals surface area contributed by atoms with Gasteiger partial charge in [-0.3, -0.25) is 19.5 Å². The average Bonchev–Trinajstić information content (AvgIpc) is 3.52. The highest BCUT2D eigenvalue weighted by Crippen LogP contribution is 2.30. The van der Waals surface area contributed by atoms with Crippen molar-refractivity contribution in [1.29, 1.82) is 0 Å². The van der Waals surface area contributed by atoms with Gasteiger partial charge in [-0.15, -0.1) is 0 Å². The van der Waals surface area contributed by atoms with Gasteiger partial charge in [0.25, 0.3) is 11.8 Å². The summed E-state index contributed by atoms with van der Waals surface area (Å²) in [5, 5.41) is 16.5. The summed E-state index contributed by atoms with van der Waals surface area (Å²) in [4.78, 5) is 59.7. The normalized spacial score (nSPS) is 13.2. The number of pyridine rings is 2. The number of halogens is 3. The van der Waals surface area contributed by atoms with E-state index in [-0.39, 0.29) is 17.4 Å². The number of amides is 2. The van der Waals surface area contributed by atoms with Crippen LogP contribution in [0.25, 0.3) is 10.9 Å². The maximum atomic E-state index is 13.5. The number of piperazine rings is 1. The smallest absolute Gasteiger partial charge is 0.416 e. The first kappa shape index (κ1) is 40.4. The van der Waals surface area contributed by atoms with Crippen LogP contribution in [0.2, 0.25) is 0 Å². The Morgan fingerprint density at radius 2 is 1.50 bits per heavy atom. The highest BCUT2D eigenvalue weighted by atomic mass is 19.4. The van der Waals surface area contributed by atoms with E-state index in [2.05, 4.69) is 14.9 Å². The first-order valence-corrected chi connectivity index (χ1v) is 17.0. The summed E-state index contributed by atoms with van der Waals surface area (Å²) in [7, 11) is 4.99. The molecule has 0 saturated carbocycles. The number of carboxylic acid groups (broad SMARTS) is 2. The highest BCUT2D eigenvalue weighted by Gasteiger charge is 2.30. The summed E-state index contributed by atoms with van der Waals surface area (Å²) in [6.07, 6.45) is -0.210. The van der Waals surface area contributed by atoms with Crippen LogP contribution < -0.4 is 14.4 Å². The topological polar surface area (TPSA) is 168 Å². The number of anilines is 1. The molecule has 1 saturated heterocycles. The highest BCUT2D eigenvalue weighted by molar-refractivity contribution is 6.05. The second-order valence-corrected chi connectivity index (χ2v) is 12.5. The van der Waals surface area contributed by atoms with Crippen molar-refractivity contribution in [3.05, 3.63) is 120 Å². The van der Waals surface area contributed by atoms with E-state index in [1.165, 1.54) is 18.1 Å². The molecule has 1 aliphatic rings. The van der Waals surface area contributed by atoms with Crippen LogP contribution in [0, 0.1) is 0 Å². The number of benzene rings is 2. The molecule has 2 aromatic carbocycles. The Morgan fingerprint density at radius 1 is 0.839 bits per heavy atom. The Labute approximate surface area is 318 Å². The molecule has 4 heterocycles. The fourth-order valence-electron chi connectivity index (χ4n) is 5.73. The van der Waals surface area contributed by atoms with Crippen LogP contribution in [0.1, 0.15) is 32.1 Å². The summed E-state index contributed by atoms with van der Waals surface area (Å²) in [5.41, 5.74) is 2.14. The summed E-state index contributed by atoms with van der Waals surface area (Å²) in [5.74, 6) is -1.52. The number of aromatic nitrogens is 3. The minimum atomic E-state index is -4.48. The molecular formula is C39H37F3N6O8. The molecule has 292 valence electrons. The number of aliphatic carboxylic acids is 2. The number of methoxy groups -OCH3 is 1. The summed E-state index contributed by atoms with van der Waals surface area (Å²) in [6, 6.07) is 18.5. The van der Waals surface area contributed by atoms with Crippen LogP contribution in [0.4, 0.5) is 18.9 Å². The number of hydrogen-bond donors (Lipinski definition) is 2. The van der Waals surface area contributed by atoms with Gasteiger partial charge in [-0.2, -0.15) is 13.2 Å². The van der Waals surface area contributed by atoms with E-state index in [1.54, 1.807) is 31.5 Å². The first-order chi connectivity index (χ1) is 26.6. The lowest BCUT2D eigenvalue weighted by molar-refractivity contribution is -0.137. The van der Waals surface area contributed by atoms with E-state index in [0.29, 0.717) is 48.9 Å². The number of nitrogens with zero attached hydrogens (tertiary/aromatic N) is 6. The molecule has 0 radical (unpaired) electrons. The fourth-order valence-corrected chi connectivity index (χ4v) is 5.73. The number of ether oxygens (including phenoxy) is 2. The van der Waals surface area contributed by atoms with Crippen LogP contribution in [-0.4, -0.2) is 98.6 Å². The van der Waals surface area contributed by atoms with Gasteiger partial charge in [0, 0.05) is 81.5 Å². The standard InChI is InChI=1S/C35H33F3N6O4.C4H4O4/c1-41(33(45)23-4-6-25(7-5-23)35(36,37)38)27-9-13-32(40-20-27)48-28-11-12-30-24(18-28)19-31(42(30)2)34(46)44-16-14-43(15-17-44)22-26-8-10-29(47-3)21-39-26;5-3(6)1-2-4(7)8/h4-13,18-21H,14-17,22H2,1-3H3;1-2H,(H,5,6)(H,7,8)/b;2-1-. The number of rotatable bonds is 10. The molecule has 0 aliphatic carbocycles. The van der Waals surface area contributed by atoms with Gasteiger partial charge in [-0.05, 0) is 66.7 Å². The molecule has 2 amide bonds.